The average Bonchev–Trinajstić information content (AvgIpc) is 2.93. The van der Waals surface area contributed by atoms with Gasteiger partial charge < -0.3 is 19.5 Å². The molecule has 1 aromatic carbocycles. The van der Waals surface area contributed by atoms with Crippen LogP contribution in [0.2, 0.25) is 0 Å². The van der Waals surface area contributed by atoms with Crippen LogP contribution in [0.4, 0.5) is 10.5 Å². The van der Waals surface area contributed by atoms with Gasteiger partial charge in [-0.25, -0.2) is 4.79 Å². The van der Waals surface area contributed by atoms with Gasteiger partial charge in [-0.3, -0.25) is 24.6 Å². The number of non-ortho nitro benzene ring substituents is 1. The van der Waals surface area contributed by atoms with Gasteiger partial charge in [0.25, 0.3) is 11.6 Å². The molecule has 1 aromatic rings. The molecule has 1 spiro atoms. The first-order chi connectivity index (χ1) is 15.5. The van der Waals surface area contributed by atoms with Crippen molar-refractivity contribution in [3.8, 4) is 5.75 Å². The van der Waals surface area contributed by atoms with Crippen LogP contribution in [0.25, 0.3) is 0 Å². The number of urea groups is 1. The number of imide groups is 1. The molecule has 1 aliphatic carbocycles. The maximum atomic E-state index is 13.2. The topological polar surface area (TPSA) is 137 Å². The predicted molar refractivity (Wildman–Crippen MR) is 113 cm³/mol. The molecular weight excluding hydrogens is 434 g/mol. The largest absolute Gasteiger partial charge is 0.467 e. The Bertz CT molecular complexity index is 1020. The minimum atomic E-state index is -1.01. The molecule has 2 aliphatic heterocycles. The molecule has 3 aliphatic rings. The summed E-state index contributed by atoms with van der Waals surface area (Å²) in [6.45, 7) is 5.44. The van der Waals surface area contributed by atoms with Gasteiger partial charge in [0.15, 0.2) is 6.79 Å². The fourth-order valence-electron chi connectivity index (χ4n) is 5.48. The smallest absolute Gasteiger partial charge is 0.326 e. The van der Waals surface area contributed by atoms with E-state index in [2.05, 4.69) is 19.2 Å². The Morgan fingerprint density at radius 2 is 2.09 bits per heavy atom. The van der Waals surface area contributed by atoms with Crippen LogP contribution in [0, 0.1) is 21.4 Å². The second kappa shape index (κ2) is 8.29. The third kappa shape index (κ3) is 4.50. The third-order valence-electron chi connectivity index (χ3n) is 6.28. The summed E-state index contributed by atoms with van der Waals surface area (Å²) in [5.74, 6) is -0.607. The second-order valence-electron chi connectivity index (χ2n) is 9.88. The van der Waals surface area contributed by atoms with Crippen molar-refractivity contribution in [1.29, 1.82) is 0 Å². The molecule has 4 rings (SSSR count). The zero-order valence-electron chi connectivity index (χ0n) is 18.8. The number of esters is 1. The molecule has 2 heterocycles. The monoisotopic (exact) mass is 461 g/mol. The Morgan fingerprint density at radius 3 is 2.79 bits per heavy atom. The molecule has 33 heavy (non-hydrogen) atoms. The lowest BCUT2D eigenvalue weighted by Crippen LogP contribution is -2.54. The summed E-state index contributed by atoms with van der Waals surface area (Å²) in [4.78, 5) is 49.8. The Labute approximate surface area is 190 Å². The SMILES string of the molecule is C[C@H]1CC(C)(C)C[C@]2(C1)NC(=O)N(CC(=O)OCc1cc([N+](=O)[O-])cc3c1OCOC3)C2=O. The highest BCUT2D eigenvalue weighted by molar-refractivity contribution is 6.08. The Kier molecular flexibility index (Phi) is 5.77. The molecule has 2 fully saturated rings. The second-order valence-corrected chi connectivity index (χ2v) is 9.88. The number of nitrogens with one attached hydrogen (secondary N) is 1. The summed E-state index contributed by atoms with van der Waals surface area (Å²) in [7, 11) is 0. The lowest BCUT2D eigenvalue weighted by molar-refractivity contribution is -0.385. The quantitative estimate of drug-likeness (QED) is 0.306. The number of amides is 3. The van der Waals surface area contributed by atoms with Crippen molar-refractivity contribution in [2.45, 2.75) is 58.8 Å². The third-order valence-corrected chi connectivity index (χ3v) is 6.28. The molecule has 0 unspecified atom stereocenters. The first kappa shape index (κ1) is 23.0. The predicted octanol–water partition coefficient (Wildman–Crippen LogP) is 2.64. The Hall–Kier alpha value is -3.21. The summed E-state index contributed by atoms with van der Waals surface area (Å²) in [5, 5.41) is 14.0. The van der Waals surface area contributed by atoms with E-state index >= 15 is 0 Å². The van der Waals surface area contributed by atoms with E-state index in [9.17, 15) is 24.5 Å². The van der Waals surface area contributed by atoms with Crippen LogP contribution in [-0.4, -0.2) is 46.6 Å². The molecule has 11 nitrogen and oxygen atoms in total. The van der Waals surface area contributed by atoms with Crippen LogP contribution in [-0.2, 0) is 32.3 Å². The number of hydrogen-bond donors (Lipinski definition) is 1. The van der Waals surface area contributed by atoms with E-state index < -0.39 is 34.9 Å². The van der Waals surface area contributed by atoms with Gasteiger partial charge in [-0.2, -0.15) is 0 Å². The number of nitrogens with zero attached hydrogens (tertiary/aromatic N) is 2. The molecule has 1 N–H and O–H groups in total. The number of ether oxygens (including phenoxy) is 3. The zero-order chi connectivity index (χ0) is 24.0. The minimum absolute atomic E-state index is 0.0228. The number of nitro groups is 1. The minimum Gasteiger partial charge on any atom is -0.467 e. The van der Waals surface area contributed by atoms with Crippen molar-refractivity contribution in [3.05, 3.63) is 33.4 Å². The Morgan fingerprint density at radius 1 is 1.33 bits per heavy atom. The van der Waals surface area contributed by atoms with Crippen LogP contribution in [0.5, 0.6) is 5.75 Å². The summed E-state index contributed by atoms with van der Waals surface area (Å²) >= 11 is 0. The van der Waals surface area contributed by atoms with Gasteiger partial charge in [0.1, 0.15) is 24.4 Å². The van der Waals surface area contributed by atoms with Crippen LogP contribution in [0.3, 0.4) is 0 Å². The van der Waals surface area contributed by atoms with Crippen LogP contribution in [0.15, 0.2) is 12.1 Å². The van der Waals surface area contributed by atoms with Crippen molar-refractivity contribution in [2.75, 3.05) is 13.3 Å². The molecular formula is C22H27N3O8. The number of benzene rings is 1. The van der Waals surface area contributed by atoms with Crippen molar-refractivity contribution in [2.24, 2.45) is 11.3 Å². The van der Waals surface area contributed by atoms with Crippen molar-refractivity contribution in [3.63, 3.8) is 0 Å². The van der Waals surface area contributed by atoms with Gasteiger partial charge in [-0.05, 0) is 30.6 Å². The van der Waals surface area contributed by atoms with E-state index in [0.29, 0.717) is 29.7 Å². The van der Waals surface area contributed by atoms with Gasteiger partial charge in [0.2, 0.25) is 0 Å². The molecule has 0 radical (unpaired) electrons. The number of fused-ring (bicyclic) bond motifs is 1. The van der Waals surface area contributed by atoms with E-state index in [4.69, 9.17) is 14.2 Å². The van der Waals surface area contributed by atoms with E-state index in [1.807, 2.05) is 6.92 Å². The van der Waals surface area contributed by atoms with E-state index in [1.165, 1.54) is 12.1 Å². The molecule has 3 amide bonds. The number of carbonyl (C=O) groups is 3. The van der Waals surface area contributed by atoms with Crippen molar-refractivity contribution < 1.29 is 33.5 Å². The maximum absolute atomic E-state index is 13.2. The van der Waals surface area contributed by atoms with Gasteiger partial charge >= 0.3 is 12.0 Å². The van der Waals surface area contributed by atoms with Gasteiger partial charge in [-0.15, -0.1) is 0 Å². The first-order valence-electron chi connectivity index (χ1n) is 10.8. The number of rotatable bonds is 5. The summed E-state index contributed by atoms with van der Waals surface area (Å²) in [6, 6.07) is 2.00. The van der Waals surface area contributed by atoms with Crippen molar-refractivity contribution >= 4 is 23.6 Å². The Balaban J connectivity index is 1.45. The average molecular weight is 461 g/mol. The molecule has 0 aromatic heterocycles. The molecule has 2 atom stereocenters. The first-order valence-corrected chi connectivity index (χ1v) is 10.8. The molecule has 11 heteroatoms. The highest BCUT2D eigenvalue weighted by Gasteiger charge is 2.56. The maximum Gasteiger partial charge on any atom is 0.326 e. The zero-order valence-corrected chi connectivity index (χ0v) is 18.8. The summed E-state index contributed by atoms with van der Waals surface area (Å²) in [6.07, 6.45) is 1.96. The summed E-state index contributed by atoms with van der Waals surface area (Å²) in [5.41, 5.74) is -0.522. The van der Waals surface area contributed by atoms with E-state index in [0.717, 1.165) is 11.3 Å². The fraction of sp³-hybridized carbons (Fsp3) is 0.591. The number of hydrogen-bond acceptors (Lipinski definition) is 8. The number of nitro benzene ring substituents is 1. The summed E-state index contributed by atoms with van der Waals surface area (Å²) < 4.78 is 15.9. The molecule has 0 bridgehead atoms. The standard InChI is InChI=1S/C22H27N3O8/c1-13-6-21(2,3)11-22(7-13)19(27)24(20(28)23-22)8-17(26)32-10-15-5-16(25(29)30)4-14-9-31-12-33-18(14)15/h4-5,13H,6-12H2,1-3H3,(H,23,28)/t13-,22-/m0/s1. The van der Waals surface area contributed by atoms with E-state index in [-0.39, 0.29) is 37.0 Å². The van der Waals surface area contributed by atoms with Crippen LogP contribution in [0.1, 0.15) is 51.2 Å². The lowest BCUT2D eigenvalue weighted by Gasteiger charge is -2.43. The van der Waals surface area contributed by atoms with E-state index in [1.54, 1.807) is 0 Å². The molecule has 1 saturated heterocycles. The van der Waals surface area contributed by atoms with Gasteiger partial charge in [0.05, 0.1) is 11.5 Å². The highest BCUT2D eigenvalue weighted by atomic mass is 16.7. The van der Waals surface area contributed by atoms with Crippen LogP contribution >= 0.6 is 0 Å². The number of carbonyl (C=O) groups excluding carboxylic acids is 3. The van der Waals surface area contributed by atoms with Gasteiger partial charge in [0, 0.05) is 23.3 Å². The molecule has 1 saturated carbocycles. The fourth-order valence-corrected chi connectivity index (χ4v) is 5.48. The van der Waals surface area contributed by atoms with Crippen LogP contribution < -0.4 is 10.1 Å². The van der Waals surface area contributed by atoms with Crippen molar-refractivity contribution in [1.82, 2.24) is 10.2 Å². The lowest BCUT2D eigenvalue weighted by atomic mass is 9.64. The normalized spacial score (nSPS) is 25.9. The molecule has 178 valence electrons. The van der Waals surface area contributed by atoms with Gasteiger partial charge in [-0.1, -0.05) is 20.8 Å². The highest BCUT2D eigenvalue weighted by Crippen LogP contribution is 2.46.